The highest BCUT2D eigenvalue weighted by atomic mass is 16.5. The number of nitrogens with zero attached hydrogens (tertiary/aromatic N) is 1. The molecule has 1 heterocycles. The number of carbonyl (C=O) groups excluding carboxylic acids is 1. The number of aromatic nitrogens is 1. The van der Waals surface area contributed by atoms with Gasteiger partial charge < -0.3 is 15.2 Å². The fraction of sp³-hybridized carbons (Fsp3) is 0.533. The highest BCUT2D eigenvalue weighted by molar-refractivity contribution is 5.97. The molecule has 1 amide bonds. The van der Waals surface area contributed by atoms with Crippen molar-refractivity contribution in [2.45, 2.75) is 38.1 Å². The Morgan fingerprint density at radius 1 is 1.43 bits per heavy atom. The summed E-state index contributed by atoms with van der Waals surface area (Å²) in [5.74, 6) is -1.07. The lowest BCUT2D eigenvalue weighted by Gasteiger charge is -2.39. The van der Waals surface area contributed by atoms with Crippen molar-refractivity contribution < 1.29 is 19.4 Å². The zero-order valence-electron chi connectivity index (χ0n) is 12.3. The summed E-state index contributed by atoms with van der Waals surface area (Å²) in [4.78, 5) is 28.0. The molecule has 6 heteroatoms. The molecular formula is C15H20N2O4. The number of carbonyl (C=O) groups is 2. The number of aliphatic carboxylic acids is 1. The molecule has 6 nitrogen and oxygen atoms in total. The van der Waals surface area contributed by atoms with Crippen LogP contribution in [0.3, 0.4) is 0 Å². The molecule has 21 heavy (non-hydrogen) atoms. The molecule has 1 saturated carbocycles. The molecule has 0 bridgehead atoms. The molecule has 2 unspecified atom stereocenters. The molecular weight excluding hydrogens is 272 g/mol. The molecule has 1 aliphatic rings. The fourth-order valence-electron chi connectivity index (χ4n) is 2.81. The van der Waals surface area contributed by atoms with Gasteiger partial charge in [0.25, 0.3) is 5.91 Å². The molecule has 0 spiro atoms. The summed E-state index contributed by atoms with van der Waals surface area (Å²) in [6.07, 6.45) is 4.44. The number of pyridine rings is 1. The van der Waals surface area contributed by atoms with Crippen molar-refractivity contribution in [3.63, 3.8) is 0 Å². The molecule has 2 rings (SSSR count). The summed E-state index contributed by atoms with van der Waals surface area (Å²) >= 11 is 0. The number of carboxylic acid groups (broad SMARTS) is 1. The van der Waals surface area contributed by atoms with Crippen LogP contribution in [0.15, 0.2) is 18.3 Å². The fourth-order valence-corrected chi connectivity index (χ4v) is 2.81. The lowest BCUT2D eigenvalue weighted by Crippen LogP contribution is -2.60. The van der Waals surface area contributed by atoms with E-state index in [0.29, 0.717) is 17.9 Å². The van der Waals surface area contributed by atoms with Crippen LogP contribution < -0.4 is 10.1 Å². The minimum Gasteiger partial charge on any atom is -0.481 e. The zero-order chi connectivity index (χ0) is 15.5. The normalized spacial score (nSPS) is 25.1. The van der Waals surface area contributed by atoms with Crippen molar-refractivity contribution in [3.8, 4) is 5.88 Å². The summed E-state index contributed by atoms with van der Waals surface area (Å²) in [6, 6.07) is 3.15. The van der Waals surface area contributed by atoms with Crippen molar-refractivity contribution in [1.82, 2.24) is 10.3 Å². The Kier molecular flexibility index (Phi) is 4.45. The summed E-state index contributed by atoms with van der Waals surface area (Å²) < 4.78 is 4.94. The Morgan fingerprint density at radius 3 is 2.71 bits per heavy atom. The first-order valence-electron chi connectivity index (χ1n) is 7.05. The number of ether oxygens (including phenoxy) is 1. The number of hydrogen-bond acceptors (Lipinski definition) is 4. The van der Waals surface area contributed by atoms with E-state index in [1.54, 1.807) is 12.1 Å². The minimum atomic E-state index is -1.19. The summed E-state index contributed by atoms with van der Waals surface area (Å²) in [5.41, 5.74) is -0.857. The van der Waals surface area contributed by atoms with Crippen molar-refractivity contribution in [3.05, 3.63) is 23.9 Å². The lowest BCUT2D eigenvalue weighted by atomic mass is 9.73. The molecule has 1 aromatic heterocycles. The molecule has 0 radical (unpaired) electrons. The van der Waals surface area contributed by atoms with Gasteiger partial charge in [-0.1, -0.05) is 19.8 Å². The van der Waals surface area contributed by atoms with Gasteiger partial charge in [0, 0.05) is 12.3 Å². The smallest absolute Gasteiger partial charge is 0.329 e. The van der Waals surface area contributed by atoms with Gasteiger partial charge in [-0.2, -0.15) is 0 Å². The molecule has 2 N–H and O–H groups in total. The SMILES string of the molecule is COc1ccc(C(=O)NC2(C(=O)O)CCCCC2C)cn1. The standard InChI is InChI=1S/C15H20N2O4/c1-10-5-3-4-8-15(10,14(19)20)17-13(18)11-6-7-12(21-2)16-9-11/h6-7,9-10H,3-5,8H2,1-2H3,(H,17,18)(H,19,20). The Bertz CT molecular complexity index is 529. The number of methoxy groups -OCH3 is 1. The molecule has 1 fully saturated rings. The third kappa shape index (κ3) is 2.99. The van der Waals surface area contributed by atoms with Crippen LogP contribution in [-0.4, -0.2) is 34.6 Å². The van der Waals surface area contributed by atoms with Crippen LogP contribution in [0.5, 0.6) is 5.88 Å². The van der Waals surface area contributed by atoms with Crippen molar-refractivity contribution in [1.29, 1.82) is 0 Å². The van der Waals surface area contributed by atoms with E-state index in [9.17, 15) is 14.7 Å². The topological polar surface area (TPSA) is 88.5 Å². The van der Waals surface area contributed by atoms with Gasteiger partial charge >= 0.3 is 5.97 Å². The molecule has 0 aliphatic heterocycles. The van der Waals surface area contributed by atoms with E-state index < -0.39 is 17.4 Å². The number of rotatable bonds is 4. The van der Waals surface area contributed by atoms with Gasteiger partial charge in [0.1, 0.15) is 5.54 Å². The van der Waals surface area contributed by atoms with Crippen molar-refractivity contribution in [2.75, 3.05) is 7.11 Å². The van der Waals surface area contributed by atoms with Crippen LogP contribution in [0.2, 0.25) is 0 Å². The number of hydrogen-bond donors (Lipinski definition) is 2. The first kappa shape index (κ1) is 15.3. The van der Waals surface area contributed by atoms with Gasteiger partial charge in [0.05, 0.1) is 12.7 Å². The van der Waals surface area contributed by atoms with Crippen LogP contribution in [0.1, 0.15) is 43.0 Å². The summed E-state index contributed by atoms with van der Waals surface area (Å²) in [7, 11) is 1.49. The van der Waals surface area contributed by atoms with Crippen molar-refractivity contribution in [2.24, 2.45) is 5.92 Å². The molecule has 0 aromatic carbocycles. The third-order valence-electron chi connectivity index (χ3n) is 4.23. The maximum absolute atomic E-state index is 12.3. The third-order valence-corrected chi connectivity index (χ3v) is 4.23. The summed E-state index contributed by atoms with van der Waals surface area (Å²) in [5, 5.41) is 12.3. The highest BCUT2D eigenvalue weighted by Gasteiger charge is 2.46. The predicted octanol–water partition coefficient (Wildman–Crippen LogP) is 1.85. The van der Waals surface area contributed by atoms with Gasteiger partial charge in [0.2, 0.25) is 5.88 Å². The maximum Gasteiger partial charge on any atom is 0.329 e. The van der Waals surface area contributed by atoms with Gasteiger partial charge in [-0.05, 0) is 24.8 Å². The van der Waals surface area contributed by atoms with Gasteiger partial charge in [-0.15, -0.1) is 0 Å². The second-order valence-electron chi connectivity index (χ2n) is 5.47. The Balaban J connectivity index is 2.19. The zero-order valence-corrected chi connectivity index (χ0v) is 12.3. The molecule has 1 aromatic rings. The quantitative estimate of drug-likeness (QED) is 0.884. The van der Waals surface area contributed by atoms with Crippen LogP contribution in [0, 0.1) is 5.92 Å². The number of amides is 1. The predicted molar refractivity (Wildman–Crippen MR) is 76.3 cm³/mol. The van der Waals surface area contributed by atoms with Crippen LogP contribution in [0.25, 0.3) is 0 Å². The first-order valence-corrected chi connectivity index (χ1v) is 7.05. The Labute approximate surface area is 123 Å². The van der Waals surface area contributed by atoms with E-state index in [1.807, 2.05) is 6.92 Å². The van der Waals surface area contributed by atoms with E-state index in [1.165, 1.54) is 13.3 Å². The maximum atomic E-state index is 12.3. The minimum absolute atomic E-state index is 0.0982. The Morgan fingerprint density at radius 2 is 2.19 bits per heavy atom. The van der Waals surface area contributed by atoms with Crippen LogP contribution in [0.4, 0.5) is 0 Å². The molecule has 1 aliphatic carbocycles. The largest absolute Gasteiger partial charge is 0.481 e. The lowest BCUT2D eigenvalue weighted by molar-refractivity contribution is -0.148. The molecule has 114 valence electrons. The van der Waals surface area contributed by atoms with Crippen LogP contribution >= 0.6 is 0 Å². The van der Waals surface area contributed by atoms with Crippen LogP contribution in [-0.2, 0) is 4.79 Å². The van der Waals surface area contributed by atoms with Gasteiger partial charge in [-0.25, -0.2) is 9.78 Å². The van der Waals surface area contributed by atoms with Gasteiger partial charge in [-0.3, -0.25) is 4.79 Å². The molecule has 2 atom stereocenters. The average Bonchev–Trinajstić information content (AvgIpc) is 2.49. The van der Waals surface area contributed by atoms with Crippen molar-refractivity contribution >= 4 is 11.9 Å². The van der Waals surface area contributed by atoms with E-state index in [0.717, 1.165) is 19.3 Å². The Hall–Kier alpha value is -2.11. The van der Waals surface area contributed by atoms with E-state index in [4.69, 9.17) is 4.74 Å². The second kappa shape index (κ2) is 6.11. The van der Waals surface area contributed by atoms with Gasteiger partial charge in [0.15, 0.2) is 0 Å². The average molecular weight is 292 g/mol. The first-order chi connectivity index (χ1) is 9.99. The van der Waals surface area contributed by atoms with E-state index in [-0.39, 0.29) is 5.92 Å². The number of nitrogens with one attached hydrogen (secondary N) is 1. The monoisotopic (exact) mass is 292 g/mol. The second-order valence-corrected chi connectivity index (χ2v) is 5.47. The summed E-state index contributed by atoms with van der Waals surface area (Å²) in [6.45, 7) is 1.87. The molecule has 0 saturated heterocycles. The van der Waals surface area contributed by atoms with E-state index >= 15 is 0 Å². The van der Waals surface area contributed by atoms with E-state index in [2.05, 4.69) is 10.3 Å². The highest BCUT2D eigenvalue weighted by Crippen LogP contribution is 2.34. The number of carboxylic acids is 1.